The summed E-state index contributed by atoms with van der Waals surface area (Å²) >= 11 is 0. The number of hydrogen-bond acceptors (Lipinski definition) is 3. The topological polar surface area (TPSA) is 56.0 Å². The highest BCUT2D eigenvalue weighted by atomic mass is 16.1. The minimum atomic E-state index is -0.0757. The van der Waals surface area contributed by atoms with Crippen molar-refractivity contribution in [2.45, 2.75) is 52.4 Å². The molecule has 1 aliphatic carbocycles. The number of nitrogens with two attached hydrogens (primary N) is 1. The van der Waals surface area contributed by atoms with E-state index in [0.29, 0.717) is 17.7 Å². The Morgan fingerprint density at radius 3 is 2.57 bits per heavy atom. The maximum Gasteiger partial charge on any atom is 0.189 e. The van der Waals surface area contributed by atoms with Gasteiger partial charge in [0.05, 0.1) is 5.69 Å². The summed E-state index contributed by atoms with van der Waals surface area (Å²) in [4.78, 5) is 17.0. The van der Waals surface area contributed by atoms with Crippen molar-refractivity contribution in [3.8, 4) is 0 Å². The number of nitrogens with zero attached hydrogens (tertiary/aromatic N) is 1. The van der Waals surface area contributed by atoms with Crippen molar-refractivity contribution in [3.05, 3.63) is 88.4 Å². The lowest BCUT2D eigenvalue weighted by atomic mass is 9.98. The van der Waals surface area contributed by atoms with Gasteiger partial charge in [0.2, 0.25) is 0 Å². The van der Waals surface area contributed by atoms with Gasteiger partial charge in [0.15, 0.2) is 5.78 Å². The third-order valence-corrected chi connectivity index (χ3v) is 5.25. The Bertz CT molecular complexity index is 891. The minimum absolute atomic E-state index is 0.0757. The van der Waals surface area contributed by atoms with Gasteiger partial charge in [-0.2, -0.15) is 0 Å². The molecule has 1 aromatic carbocycles. The Labute approximate surface area is 168 Å². The number of ketones is 1. The molecule has 0 saturated carbocycles. The van der Waals surface area contributed by atoms with Crippen molar-refractivity contribution in [2.75, 3.05) is 0 Å². The Morgan fingerprint density at radius 2 is 1.93 bits per heavy atom. The number of benzene rings is 1. The predicted octanol–water partition coefficient (Wildman–Crippen LogP) is 5.37. The summed E-state index contributed by atoms with van der Waals surface area (Å²) < 4.78 is 0. The molecule has 3 heteroatoms. The summed E-state index contributed by atoms with van der Waals surface area (Å²) in [6.07, 6.45) is 9.68. The predicted molar refractivity (Wildman–Crippen MR) is 115 cm³/mol. The van der Waals surface area contributed by atoms with Crippen LogP contribution in [-0.4, -0.2) is 10.8 Å². The van der Waals surface area contributed by atoms with Gasteiger partial charge in [0, 0.05) is 30.0 Å². The van der Waals surface area contributed by atoms with Crippen LogP contribution >= 0.6 is 0 Å². The molecule has 3 rings (SSSR count). The summed E-state index contributed by atoms with van der Waals surface area (Å²) in [5.74, 6) is 0.904. The molecule has 0 fully saturated rings. The monoisotopic (exact) mass is 374 g/mol. The van der Waals surface area contributed by atoms with Crippen LogP contribution in [0.1, 0.15) is 66.7 Å². The zero-order valence-corrected chi connectivity index (χ0v) is 17.1. The van der Waals surface area contributed by atoms with Crippen LogP contribution in [0.3, 0.4) is 0 Å². The first-order valence-corrected chi connectivity index (χ1v) is 10.1. The molecular weight excluding hydrogens is 344 g/mol. The maximum absolute atomic E-state index is 12.6. The van der Waals surface area contributed by atoms with Crippen molar-refractivity contribution in [3.63, 3.8) is 0 Å². The first-order valence-electron chi connectivity index (χ1n) is 10.1. The van der Waals surface area contributed by atoms with Gasteiger partial charge in [-0.25, -0.2) is 0 Å². The smallest absolute Gasteiger partial charge is 0.189 e. The Kier molecular flexibility index (Phi) is 6.45. The van der Waals surface area contributed by atoms with E-state index in [9.17, 15) is 4.79 Å². The molecule has 1 atom stereocenters. The molecule has 1 heterocycles. The van der Waals surface area contributed by atoms with Gasteiger partial charge in [-0.05, 0) is 54.4 Å². The maximum atomic E-state index is 12.6. The van der Waals surface area contributed by atoms with Gasteiger partial charge in [0.25, 0.3) is 0 Å². The van der Waals surface area contributed by atoms with Gasteiger partial charge in [-0.3, -0.25) is 9.78 Å². The summed E-state index contributed by atoms with van der Waals surface area (Å²) in [6.45, 7) is 6.38. The van der Waals surface area contributed by atoms with E-state index in [0.717, 1.165) is 23.6 Å². The standard InChI is InChI=1S/C25H30N2O/c1-17(2)25-23(5-4-12-27-25)24(28)16-22(26)15-20-10-8-19(9-11-20)14-21-7-6-18(3)13-21/h4-5,7-12,16-18H,6,13-15,26H2,1-3H3/b22-16-. The van der Waals surface area contributed by atoms with E-state index in [1.165, 1.54) is 18.4 Å². The molecule has 146 valence electrons. The lowest BCUT2D eigenvalue weighted by Crippen LogP contribution is -2.09. The van der Waals surface area contributed by atoms with Crippen molar-refractivity contribution >= 4 is 5.78 Å². The summed E-state index contributed by atoms with van der Waals surface area (Å²) in [7, 11) is 0. The van der Waals surface area contributed by atoms with E-state index in [1.807, 2.05) is 19.9 Å². The second-order valence-corrected chi connectivity index (χ2v) is 8.25. The highest BCUT2D eigenvalue weighted by Crippen LogP contribution is 2.27. The quantitative estimate of drug-likeness (QED) is 0.402. The second-order valence-electron chi connectivity index (χ2n) is 8.25. The van der Waals surface area contributed by atoms with Crippen molar-refractivity contribution in [1.29, 1.82) is 0 Å². The fourth-order valence-corrected chi connectivity index (χ4v) is 3.78. The van der Waals surface area contributed by atoms with Crippen LogP contribution in [0, 0.1) is 5.92 Å². The number of carbonyl (C=O) groups excluding carboxylic acids is 1. The Morgan fingerprint density at radius 1 is 1.21 bits per heavy atom. The van der Waals surface area contributed by atoms with Crippen molar-refractivity contribution in [1.82, 2.24) is 4.98 Å². The lowest BCUT2D eigenvalue weighted by Gasteiger charge is -2.09. The second kappa shape index (κ2) is 9.01. The summed E-state index contributed by atoms with van der Waals surface area (Å²) in [5, 5.41) is 0. The van der Waals surface area contributed by atoms with Crippen LogP contribution in [-0.2, 0) is 12.8 Å². The number of pyridine rings is 1. The molecular formula is C25H30N2O. The third kappa shape index (κ3) is 5.19. The molecule has 0 amide bonds. The number of carbonyl (C=O) groups is 1. The van der Waals surface area contributed by atoms with Gasteiger partial charge in [-0.15, -0.1) is 0 Å². The van der Waals surface area contributed by atoms with Crippen LogP contribution in [0.4, 0.5) is 0 Å². The van der Waals surface area contributed by atoms with Gasteiger partial charge < -0.3 is 5.73 Å². The largest absolute Gasteiger partial charge is 0.402 e. The summed E-state index contributed by atoms with van der Waals surface area (Å²) in [6, 6.07) is 12.2. The van der Waals surface area contributed by atoms with E-state index >= 15 is 0 Å². The highest BCUT2D eigenvalue weighted by molar-refractivity contribution is 6.05. The van der Waals surface area contributed by atoms with Crippen LogP contribution < -0.4 is 5.73 Å². The number of aromatic nitrogens is 1. The van der Waals surface area contributed by atoms with Crippen molar-refractivity contribution < 1.29 is 4.79 Å². The van der Waals surface area contributed by atoms with E-state index < -0.39 is 0 Å². The fourth-order valence-electron chi connectivity index (χ4n) is 3.78. The third-order valence-electron chi connectivity index (χ3n) is 5.25. The number of allylic oxidation sites excluding steroid dienone is 4. The zero-order chi connectivity index (χ0) is 20.1. The molecule has 0 radical (unpaired) electrons. The van der Waals surface area contributed by atoms with Crippen LogP contribution in [0.5, 0.6) is 0 Å². The fraction of sp³-hybridized carbons (Fsp3) is 0.360. The van der Waals surface area contributed by atoms with Crippen molar-refractivity contribution in [2.24, 2.45) is 11.7 Å². The van der Waals surface area contributed by atoms with E-state index in [4.69, 9.17) is 5.73 Å². The minimum Gasteiger partial charge on any atom is -0.402 e. The van der Waals surface area contributed by atoms with Gasteiger partial charge >= 0.3 is 0 Å². The van der Waals surface area contributed by atoms with Crippen LogP contribution in [0.25, 0.3) is 0 Å². The molecule has 0 spiro atoms. The molecule has 0 aliphatic heterocycles. The molecule has 0 bridgehead atoms. The average molecular weight is 375 g/mol. The van der Waals surface area contributed by atoms with Crippen LogP contribution in [0.15, 0.2) is 66.0 Å². The molecule has 1 unspecified atom stereocenters. The van der Waals surface area contributed by atoms with E-state index in [2.05, 4.69) is 42.2 Å². The molecule has 2 N–H and O–H groups in total. The molecule has 3 nitrogen and oxygen atoms in total. The number of hydrogen-bond donors (Lipinski definition) is 1. The highest BCUT2D eigenvalue weighted by Gasteiger charge is 2.14. The molecule has 1 aliphatic rings. The lowest BCUT2D eigenvalue weighted by molar-refractivity contribution is 0.104. The number of rotatable bonds is 7. The average Bonchev–Trinajstić information content (AvgIpc) is 3.08. The normalized spacial score (nSPS) is 17.1. The van der Waals surface area contributed by atoms with Crippen LogP contribution in [0.2, 0.25) is 0 Å². The Hall–Kier alpha value is -2.68. The molecule has 28 heavy (non-hydrogen) atoms. The first kappa shape index (κ1) is 20.1. The Balaban J connectivity index is 1.64. The van der Waals surface area contributed by atoms with E-state index in [1.54, 1.807) is 23.9 Å². The SMILES string of the molecule is CC1CC=C(Cc2ccc(C/C(N)=C/C(=O)c3cccnc3C(C)C)cc2)C1. The van der Waals surface area contributed by atoms with E-state index in [-0.39, 0.29) is 11.7 Å². The molecule has 2 aromatic rings. The van der Waals surface area contributed by atoms with Gasteiger partial charge in [0.1, 0.15) is 0 Å². The van der Waals surface area contributed by atoms with Gasteiger partial charge in [-0.1, -0.05) is 56.7 Å². The molecule has 0 saturated heterocycles. The first-order chi connectivity index (χ1) is 13.4. The molecule has 1 aromatic heterocycles. The summed E-state index contributed by atoms with van der Waals surface area (Å²) in [5.41, 5.74) is 12.2. The zero-order valence-electron chi connectivity index (χ0n) is 17.1.